The second kappa shape index (κ2) is 9.58. The summed E-state index contributed by atoms with van der Waals surface area (Å²) >= 11 is 0. The summed E-state index contributed by atoms with van der Waals surface area (Å²) in [5.74, 6) is 0.112. The van der Waals surface area contributed by atoms with Gasteiger partial charge in [0.25, 0.3) is 5.91 Å². The molecule has 0 saturated carbocycles. The average molecular weight is 532 g/mol. The molecule has 11 heteroatoms. The molecule has 3 aliphatic heterocycles. The van der Waals surface area contributed by atoms with Crippen molar-refractivity contribution in [3.8, 4) is 11.3 Å². The Bertz CT molecular complexity index is 1550. The number of carbonyl (C=O) groups excluding carboxylic acids is 1. The maximum absolute atomic E-state index is 13.7. The molecule has 1 amide bonds. The Hall–Kier alpha value is -4.09. The first-order valence-corrected chi connectivity index (χ1v) is 13.0. The first-order chi connectivity index (χ1) is 19.0. The normalized spacial score (nSPS) is 19.7. The molecule has 9 nitrogen and oxygen atoms in total. The number of amides is 1. The van der Waals surface area contributed by atoms with Crippen LogP contribution in [0.4, 0.5) is 26.0 Å². The number of pyridine rings is 2. The smallest absolute Gasteiger partial charge is 0.254 e. The number of nitrogens with one attached hydrogen (secondary N) is 2. The molecule has 0 radical (unpaired) electrons. The van der Waals surface area contributed by atoms with Gasteiger partial charge in [0.15, 0.2) is 0 Å². The monoisotopic (exact) mass is 531 g/mol. The fraction of sp³-hybridized carbons (Fsp3) is 0.321. The fourth-order valence-electron chi connectivity index (χ4n) is 5.64. The van der Waals surface area contributed by atoms with Crippen LogP contribution in [0, 0.1) is 5.82 Å². The average Bonchev–Trinajstić information content (AvgIpc) is 3.52. The van der Waals surface area contributed by atoms with Gasteiger partial charge in [-0.05, 0) is 29.8 Å². The molecule has 7 rings (SSSR count). The molecular weight excluding hydrogens is 504 g/mol. The molecule has 0 spiro atoms. The number of nitrogens with zero attached hydrogens (tertiary/aromatic N) is 5. The van der Waals surface area contributed by atoms with Crippen LogP contribution in [-0.2, 0) is 11.3 Å². The lowest BCUT2D eigenvalue weighted by molar-refractivity contribution is -0.0202. The van der Waals surface area contributed by atoms with Gasteiger partial charge in [-0.3, -0.25) is 14.1 Å². The minimum absolute atomic E-state index is 0.0376. The fourth-order valence-corrected chi connectivity index (χ4v) is 5.64. The van der Waals surface area contributed by atoms with Crippen LogP contribution in [-0.4, -0.2) is 76.8 Å². The molecule has 2 fully saturated rings. The van der Waals surface area contributed by atoms with Gasteiger partial charge in [-0.15, -0.1) is 0 Å². The van der Waals surface area contributed by atoms with E-state index in [1.54, 1.807) is 12.4 Å². The number of likely N-dealkylation sites (tertiary alicyclic amines) is 1. The van der Waals surface area contributed by atoms with E-state index in [9.17, 15) is 13.6 Å². The summed E-state index contributed by atoms with van der Waals surface area (Å²) in [5, 5.41) is 6.23. The number of alkyl halides is 1. The third kappa shape index (κ3) is 4.47. The van der Waals surface area contributed by atoms with E-state index in [1.807, 2.05) is 34.9 Å². The van der Waals surface area contributed by atoms with Crippen molar-refractivity contribution in [2.75, 3.05) is 49.5 Å². The third-order valence-electron chi connectivity index (χ3n) is 7.61. The van der Waals surface area contributed by atoms with Crippen LogP contribution in [0.2, 0.25) is 0 Å². The highest BCUT2D eigenvalue weighted by Gasteiger charge is 2.31. The SMILES string of the molecule is O=C1NCc2c(-c3cnc4cc(F)ccn34)ccc(Nc3ccc(N4CCO[C@H](CN5CC(F)C5)C4)cn3)c21. The van der Waals surface area contributed by atoms with Crippen molar-refractivity contribution in [1.82, 2.24) is 24.6 Å². The van der Waals surface area contributed by atoms with Crippen molar-refractivity contribution in [3.05, 3.63) is 71.9 Å². The summed E-state index contributed by atoms with van der Waals surface area (Å²) in [6.07, 6.45) is 4.48. The van der Waals surface area contributed by atoms with Crippen molar-refractivity contribution in [1.29, 1.82) is 0 Å². The van der Waals surface area contributed by atoms with Gasteiger partial charge in [0.1, 0.15) is 23.5 Å². The number of aromatic nitrogens is 3. The largest absolute Gasteiger partial charge is 0.373 e. The van der Waals surface area contributed by atoms with Crippen LogP contribution in [0.25, 0.3) is 16.9 Å². The highest BCUT2D eigenvalue weighted by molar-refractivity contribution is 6.06. The van der Waals surface area contributed by atoms with Crippen molar-refractivity contribution in [3.63, 3.8) is 0 Å². The maximum Gasteiger partial charge on any atom is 0.254 e. The number of morpholine rings is 1. The summed E-state index contributed by atoms with van der Waals surface area (Å²) < 4.78 is 34.5. The minimum Gasteiger partial charge on any atom is -0.373 e. The second-order valence-corrected chi connectivity index (χ2v) is 10.2. The summed E-state index contributed by atoms with van der Waals surface area (Å²) in [6.45, 7) is 4.22. The zero-order chi connectivity index (χ0) is 26.5. The van der Waals surface area contributed by atoms with E-state index in [0.29, 0.717) is 49.0 Å². The number of carbonyl (C=O) groups is 1. The van der Waals surface area contributed by atoms with Gasteiger partial charge in [-0.1, -0.05) is 6.07 Å². The molecule has 39 heavy (non-hydrogen) atoms. The lowest BCUT2D eigenvalue weighted by atomic mass is 9.99. The molecule has 3 aliphatic rings. The van der Waals surface area contributed by atoms with Gasteiger partial charge >= 0.3 is 0 Å². The summed E-state index contributed by atoms with van der Waals surface area (Å²) in [6, 6.07) is 10.5. The molecule has 2 N–H and O–H groups in total. The Kier molecular flexibility index (Phi) is 5.89. The molecule has 1 aromatic carbocycles. The van der Waals surface area contributed by atoms with E-state index in [1.165, 1.54) is 12.1 Å². The zero-order valence-corrected chi connectivity index (χ0v) is 21.1. The molecule has 3 aromatic heterocycles. The second-order valence-electron chi connectivity index (χ2n) is 10.2. The van der Waals surface area contributed by atoms with Gasteiger partial charge in [0.2, 0.25) is 0 Å². The third-order valence-corrected chi connectivity index (χ3v) is 7.61. The minimum atomic E-state index is -0.714. The van der Waals surface area contributed by atoms with Crippen LogP contribution >= 0.6 is 0 Å². The van der Waals surface area contributed by atoms with Crippen LogP contribution < -0.4 is 15.5 Å². The topological polar surface area (TPSA) is 87.0 Å². The Morgan fingerprint density at radius 2 is 2.00 bits per heavy atom. The predicted octanol–water partition coefficient (Wildman–Crippen LogP) is 3.38. The molecule has 0 unspecified atom stereocenters. The lowest BCUT2D eigenvalue weighted by Gasteiger charge is -2.40. The first kappa shape index (κ1) is 24.0. The van der Waals surface area contributed by atoms with Crippen molar-refractivity contribution >= 4 is 28.7 Å². The van der Waals surface area contributed by atoms with Crippen molar-refractivity contribution in [2.24, 2.45) is 0 Å². The van der Waals surface area contributed by atoms with Crippen LogP contribution in [0.15, 0.2) is 55.0 Å². The van der Waals surface area contributed by atoms with Crippen LogP contribution in [0.1, 0.15) is 15.9 Å². The number of fused-ring (bicyclic) bond motifs is 2. The number of anilines is 3. The van der Waals surface area contributed by atoms with Crippen LogP contribution in [0.3, 0.4) is 0 Å². The maximum atomic E-state index is 13.7. The number of halogens is 2. The summed E-state index contributed by atoms with van der Waals surface area (Å²) in [5.41, 5.74) is 5.22. The standard InChI is InChI=1S/C28H27F2N7O2/c29-17-5-6-37-24(12-32-26(37)9-17)21-2-3-23(27-22(21)11-33-28(27)38)34-25-4-1-19(10-31-25)36-7-8-39-20(16-36)15-35-13-18(30)14-35/h1-6,9-10,12,18,20H,7-8,11,13-16H2,(H,31,34)(H,33,38)/t20-/m1/s1. The van der Waals surface area contributed by atoms with E-state index in [2.05, 4.69) is 30.4 Å². The molecule has 0 bridgehead atoms. The first-order valence-electron chi connectivity index (χ1n) is 13.0. The zero-order valence-electron chi connectivity index (χ0n) is 21.1. The number of ether oxygens (including phenoxy) is 1. The number of benzene rings is 1. The van der Waals surface area contributed by atoms with E-state index >= 15 is 0 Å². The molecular formula is C28H27F2N7O2. The van der Waals surface area contributed by atoms with Gasteiger partial charge in [-0.25, -0.2) is 18.7 Å². The highest BCUT2D eigenvalue weighted by atomic mass is 19.1. The Balaban J connectivity index is 1.10. The van der Waals surface area contributed by atoms with Gasteiger partial charge in [0, 0.05) is 57.1 Å². The van der Waals surface area contributed by atoms with E-state index in [0.717, 1.165) is 42.1 Å². The van der Waals surface area contributed by atoms with E-state index in [4.69, 9.17) is 4.74 Å². The molecule has 200 valence electrons. The summed E-state index contributed by atoms with van der Waals surface area (Å²) in [7, 11) is 0. The predicted molar refractivity (Wildman–Crippen MR) is 143 cm³/mol. The number of imidazole rings is 1. The Morgan fingerprint density at radius 1 is 1.10 bits per heavy atom. The van der Waals surface area contributed by atoms with Gasteiger partial charge in [0.05, 0.1) is 47.7 Å². The molecule has 0 aliphatic carbocycles. The van der Waals surface area contributed by atoms with Gasteiger partial charge in [-0.2, -0.15) is 0 Å². The highest BCUT2D eigenvalue weighted by Crippen LogP contribution is 2.35. The molecule has 2 saturated heterocycles. The number of hydrogen-bond donors (Lipinski definition) is 2. The Morgan fingerprint density at radius 3 is 2.82 bits per heavy atom. The van der Waals surface area contributed by atoms with Crippen molar-refractivity contribution in [2.45, 2.75) is 18.8 Å². The lowest BCUT2D eigenvalue weighted by Crippen LogP contribution is -2.55. The quantitative estimate of drug-likeness (QED) is 0.395. The molecule has 6 heterocycles. The van der Waals surface area contributed by atoms with E-state index in [-0.39, 0.29) is 17.8 Å². The van der Waals surface area contributed by atoms with Gasteiger partial charge < -0.3 is 20.3 Å². The molecule has 4 aromatic rings. The van der Waals surface area contributed by atoms with E-state index < -0.39 is 6.17 Å². The summed E-state index contributed by atoms with van der Waals surface area (Å²) in [4.78, 5) is 26.1. The Labute approximate surface area is 223 Å². The molecule has 1 atom stereocenters. The van der Waals surface area contributed by atoms with Crippen molar-refractivity contribution < 1.29 is 18.3 Å². The number of rotatable bonds is 6. The number of hydrogen-bond acceptors (Lipinski definition) is 7. The van der Waals surface area contributed by atoms with Crippen LogP contribution in [0.5, 0.6) is 0 Å².